The van der Waals surface area contributed by atoms with Gasteiger partial charge in [0, 0.05) is 24.9 Å². The number of aromatic nitrogens is 2. The van der Waals surface area contributed by atoms with E-state index >= 15 is 0 Å². The van der Waals surface area contributed by atoms with Crippen molar-refractivity contribution in [2.24, 2.45) is 0 Å². The summed E-state index contributed by atoms with van der Waals surface area (Å²) in [6.45, 7) is 0.638. The SMILES string of the molecule is O=C(CCc1ccc(F)cc1)NCCNC(=O)c1n[nH]c2ccccc12. The molecule has 0 aliphatic rings. The van der Waals surface area contributed by atoms with Gasteiger partial charge in [0.25, 0.3) is 5.91 Å². The molecule has 26 heavy (non-hydrogen) atoms. The summed E-state index contributed by atoms with van der Waals surface area (Å²) in [5.74, 6) is -0.699. The molecule has 3 N–H and O–H groups in total. The monoisotopic (exact) mass is 354 g/mol. The minimum atomic E-state index is -0.293. The van der Waals surface area contributed by atoms with Crippen LogP contribution in [0.2, 0.25) is 0 Å². The molecule has 6 nitrogen and oxygen atoms in total. The number of carbonyl (C=O) groups is 2. The normalized spacial score (nSPS) is 10.7. The first-order valence-electron chi connectivity index (χ1n) is 8.36. The van der Waals surface area contributed by atoms with Crippen molar-refractivity contribution in [2.45, 2.75) is 12.8 Å². The van der Waals surface area contributed by atoms with Crippen molar-refractivity contribution in [1.29, 1.82) is 0 Å². The fourth-order valence-corrected chi connectivity index (χ4v) is 2.60. The van der Waals surface area contributed by atoms with Crippen molar-refractivity contribution in [3.63, 3.8) is 0 Å². The van der Waals surface area contributed by atoms with E-state index in [9.17, 15) is 14.0 Å². The summed E-state index contributed by atoms with van der Waals surface area (Å²) < 4.78 is 12.8. The predicted molar refractivity (Wildman–Crippen MR) is 96.2 cm³/mol. The van der Waals surface area contributed by atoms with Crippen molar-refractivity contribution >= 4 is 22.7 Å². The summed E-state index contributed by atoms with van der Waals surface area (Å²) in [4.78, 5) is 24.0. The van der Waals surface area contributed by atoms with Crippen LogP contribution in [0.15, 0.2) is 48.5 Å². The summed E-state index contributed by atoms with van der Waals surface area (Å²) >= 11 is 0. The van der Waals surface area contributed by atoms with Crippen LogP contribution in [0.1, 0.15) is 22.5 Å². The third kappa shape index (κ3) is 4.44. The number of aryl methyl sites for hydroxylation is 1. The van der Waals surface area contributed by atoms with E-state index in [2.05, 4.69) is 20.8 Å². The summed E-state index contributed by atoms with van der Waals surface area (Å²) in [6, 6.07) is 13.5. The van der Waals surface area contributed by atoms with Crippen molar-refractivity contribution in [2.75, 3.05) is 13.1 Å². The van der Waals surface area contributed by atoms with E-state index in [0.29, 0.717) is 31.6 Å². The summed E-state index contributed by atoms with van der Waals surface area (Å²) in [5.41, 5.74) is 2.04. The van der Waals surface area contributed by atoms with E-state index in [1.807, 2.05) is 24.3 Å². The highest BCUT2D eigenvalue weighted by atomic mass is 19.1. The summed E-state index contributed by atoms with van der Waals surface area (Å²) in [7, 11) is 0. The Bertz CT molecular complexity index is 905. The van der Waals surface area contributed by atoms with Gasteiger partial charge in [-0.05, 0) is 30.2 Å². The van der Waals surface area contributed by atoms with Gasteiger partial charge >= 0.3 is 0 Å². The number of carbonyl (C=O) groups excluding carboxylic acids is 2. The number of hydrogen-bond acceptors (Lipinski definition) is 3. The van der Waals surface area contributed by atoms with Gasteiger partial charge in [-0.25, -0.2) is 4.39 Å². The molecule has 7 heteroatoms. The number of para-hydroxylation sites is 1. The van der Waals surface area contributed by atoms with Crippen LogP contribution in [0.5, 0.6) is 0 Å². The Kier molecular flexibility index (Phi) is 5.58. The fraction of sp³-hybridized carbons (Fsp3) is 0.211. The van der Waals surface area contributed by atoms with Gasteiger partial charge < -0.3 is 10.6 Å². The molecule has 0 atom stereocenters. The molecule has 0 bridgehead atoms. The number of fused-ring (bicyclic) bond motifs is 1. The van der Waals surface area contributed by atoms with Crippen LogP contribution in [-0.4, -0.2) is 35.1 Å². The van der Waals surface area contributed by atoms with E-state index in [0.717, 1.165) is 16.5 Å². The molecule has 0 saturated heterocycles. The quantitative estimate of drug-likeness (QED) is 0.569. The van der Waals surface area contributed by atoms with Crippen molar-refractivity contribution < 1.29 is 14.0 Å². The van der Waals surface area contributed by atoms with E-state index in [4.69, 9.17) is 0 Å². The lowest BCUT2D eigenvalue weighted by molar-refractivity contribution is -0.121. The Balaban J connectivity index is 1.39. The summed E-state index contributed by atoms with van der Waals surface area (Å²) in [6.07, 6.45) is 0.849. The number of aromatic amines is 1. The molecule has 0 spiro atoms. The lowest BCUT2D eigenvalue weighted by Crippen LogP contribution is -2.35. The standard InChI is InChI=1S/C19H19FN4O2/c20-14-8-5-13(6-9-14)7-10-17(25)21-11-12-22-19(26)18-15-3-1-2-4-16(15)23-24-18/h1-6,8-9H,7,10-12H2,(H,21,25)(H,22,26)(H,23,24). The number of benzene rings is 2. The zero-order chi connectivity index (χ0) is 18.4. The third-order valence-corrected chi connectivity index (χ3v) is 3.97. The van der Waals surface area contributed by atoms with Gasteiger partial charge in [0.15, 0.2) is 5.69 Å². The van der Waals surface area contributed by atoms with E-state index < -0.39 is 0 Å². The zero-order valence-electron chi connectivity index (χ0n) is 14.1. The third-order valence-electron chi connectivity index (χ3n) is 3.97. The Morgan fingerprint density at radius 3 is 2.54 bits per heavy atom. The lowest BCUT2D eigenvalue weighted by atomic mass is 10.1. The molecule has 134 valence electrons. The average Bonchev–Trinajstić information content (AvgIpc) is 3.09. The highest BCUT2D eigenvalue weighted by Crippen LogP contribution is 2.14. The van der Waals surface area contributed by atoms with Gasteiger partial charge in [-0.1, -0.05) is 30.3 Å². The molecule has 1 aromatic heterocycles. The number of rotatable bonds is 7. The molecule has 0 unspecified atom stereocenters. The summed E-state index contributed by atoms with van der Waals surface area (Å²) in [5, 5.41) is 13.1. The van der Waals surface area contributed by atoms with Crippen LogP contribution in [0.4, 0.5) is 4.39 Å². The largest absolute Gasteiger partial charge is 0.354 e. The molecule has 3 rings (SSSR count). The molecule has 3 aromatic rings. The lowest BCUT2D eigenvalue weighted by Gasteiger charge is -2.06. The van der Waals surface area contributed by atoms with Crippen molar-refractivity contribution in [3.8, 4) is 0 Å². The van der Waals surface area contributed by atoms with Crippen molar-refractivity contribution in [1.82, 2.24) is 20.8 Å². The predicted octanol–water partition coefficient (Wildman–Crippen LogP) is 2.18. The maximum Gasteiger partial charge on any atom is 0.272 e. The van der Waals surface area contributed by atoms with Crippen LogP contribution in [-0.2, 0) is 11.2 Å². The van der Waals surface area contributed by atoms with Crippen LogP contribution in [0.25, 0.3) is 10.9 Å². The molecule has 0 fully saturated rings. The zero-order valence-corrected chi connectivity index (χ0v) is 14.1. The molecule has 0 radical (unpaired) electrons. The first-order valence-corrected chi connectivity index (χ1v) is 8.36. The molecule has 0 saturated carbocycles. The average molecular weight is 354 g/mol. The Labute approximate surface area is 149 Å². The molecule has 2 aromatic carbocycles. The number of amides is 2. The van der Waals surface area contributed by atoms with Crippen LogP contribution in [0, 0.1) is 5.82 Å². The van der Waals surface area contributed by atoms with Gasteiger partial charge in [0.1, 0.15) is 5.82 Å². The minimum absolute atomic E-state index is 0.117. The van der Waals surface area contributed by atoms with Gasteiger partial charge in [-0.2, -0.15) is 5.10 Å². The second kappa shape index (κ2) is 8.24. The number of nitrogens with one attached hydrogen (secondary N) is 3. The smallest absolute Gasteiger partial charge is 0.272 e. The Morgan fingerprint density at radius 2 is 1.73 bits per heavy atom. The Hall–Kier alpha value is -3.22. The topological polar surface area (TPSA) is 86.9 Å². The minimum Gasteiger partial charge on any atom is -0.354 e. The van der Waals surface area contributed by atoms with Gasteiger partial charge in [-0.3, -0.25) is 14.7 Å². The molecule has 0 aliphatic heterocycles. The van der Waals surface area contributed by atoms with E-state index in [-0.39, 0.29) is 17.6 Å². The number of halogens is 1. The van der Waals surface area contributed by atoms with Crippen LogP contribution < -0.4 is 10.6 Å². The maximum atomic E-state index is 12.8. The first-order chi connectivity index (χ1) is 12.6. The number of H-pyrrole nitrogens is 1. The number of nitrogens with zero attached hydrogens (tertiary/aromatic N) is 1. The first kappa shape index (κ1) is 17.6. The highest BCUT2D eigenvalue weighted by molar-refractivity contribution is 6.04. The van der Waals surface area contributed by atoms with Crippen molar-refractivity contribution in [3.05, 3.63) is 65.6 Å². The van der Waals surface area contributed by atoms with E-state index in [1.54, 1.807) is 12.1 Å². The molecule has 1 heterocycles. The molecule has 2 amide bonds. The van der Waals surface area contributed by atoms with Gasteiger partial charge in [-0.15, -0.1) is 0 Å². The fourth-order valence-electron chi connectivity index (χ4n) is 2.60. The maximum absolute atomic E-state index is 12.8. The second-order valence-electron chi connectivity index (χ2n) is 5.85. The van der Waals surface area contributed by atoms with Crippen LogP contribution in [0.3, 0.4) is 0 Å². The molecular formula is C19H19FN4O2. The molecular weight excluding hydrogens is 335 g/mol. The number of hydrogen-bond donors (Lipinski definition) is 3. The van der Waals surface area contributed by atoms with Crippen LogP contribution >= 0.6 is 0 Å². The highest BCUT2D eigenvalue weighted by Gasteiger charge is 2.13. The Morgan fingerprint density at radius 1 is 1.00 bits per heavy atom. The van der Waals surface area contributed by atoms with Gasteiger partial charge in [0.05, 0.1) is 5.52 Å². The van der Waals surface area contributed by atoms with E-state index in [1.165, 1.54) is 12.1 Å². The molecule has 0 aliphatic carbocycles. The second-order valence-corrected chi connectivity index (χ2v) is 5.85. The van der Waals surface area contributed by atoms with Gasteiger partial charge in [0.2, 0.25) is 5.91 Å².